The highest BCUT2D eigenvalue weighted by molar-refractivity contribution is 5.79. The molecule has 1 heterocycles. The summed E-state index contributed by atoms with van der Waals surface area (Å²) in [5.41, 5.74) is 5.70. The Morgan fingerprint density at radius 3 is 2.71 bits per heavy atom. The smallest absolute Gasteiger partial charge is 0.227 e. The third-order valence-electron chi connectivity index (χ3n) is 3.75. The zero-order valence-corrected chi connectivity index (χ0v) is 11.1. The van der Waals surface area contributed by atoms with E-state index < -0.39 is 0 Å². The summed E-state index contributed by atoms with van der Waals surface area (Å²) in [6.45, 7) is 5.48. The lowest BCUT2D eigenvalue weighted by Crippen LogP contribution is -2.49. The van der Waals surface area contributed by atoms with Crippen LogP contribution in [0.4, 0.5) is 0 Å². The number of aliphatic hydroxyl groups is 1. The van der Waals surface area contributed by atoms with Gasteiger partial charge in [0.1, 0.15) is 0 Å². The standard InChI is InChI=1S/C13H26N2O2/c1-10(2)12(9-14)13(17)15-7-4-3-5-11(15)6-8-16/h10-12,16H,3-9,14H2,1-2H3. The molecule has 4 nitrogen and oxygen atoms in total. The minimum atomic E-state index is -0.0747. The highest BCUT2D eigenvalue weighted by atomic mass is 16.3. The monoisotopic (exact) mass is 242 g/mol. The molecule has 0 bridgehead atoms. The fourth-order valence-corrected chi connectivity index (χ4v) is 2.61. The molecular weight excluding hydrogens is 216 g/mol. The fraction of sp³-hybridized carbons (Fsp3) is 0.923. The Hall–Kier alpha value is -0.610. The van der Waals surface area contributed by atoms with Crippen LogP contribution in [0.25, 0.3) is 0 Å². The van der Waals surface area contributed by atoms with Gasteiger partial charge in [0.25, 0.3) is 0 Å². The number of hydrogen-bond acceptors (Lipinski definition) is 3. The molecule has 1 aliphatic heterocycles. The van der Waals surface area contributed by atoms with E-state index in [0.717, 1.165) is 25.8 Å². The molecule has 4 heteroatoms. The zero-order valence-electron chi connectivity index (χ0n) is 11.1. The molecule has 2 unspecified atom stereocenters. The number of hydrogen-bond donors (Lipinski definition) is 2. The van der Waals surface area contributed by atoms with Gasteiger partial charge in [0.15, 0.2) is 0 Å². The number of likely N-dealkylation sites (tertiary alicyclic amines) is 1. The molecule has 1 amide bonds. The van der Waals surface area contributed by atoms with Crippen molar-refractivity contribution in [2.45, 2.75) is 45.6 Å². The van der Waals surface area contributed by atoms with Crippen molar-refractivity contribution in [3.63, 3.8) is 0 Å². The summed E-state index contributed by atoms with van der Waals surface area (Å²) in [7, 11) is 0. The first kappa shape index (κ1) is 14.5. The third-order valence-corrected chi connectivity index (χ3v) is 3.75. The predicted molar refractivity (Wildman–Crippen MR) is 68.4 cm³/mol. The maximum atomic E-state index is 12.4. The van der Waals surface area contributed by atoms with E-state index in [1.165, 1.54) is 0 Å². The van der Waals surface area contributed by atoms with Gasteiger partial charge < -0.3 is 15.7 Å². The number of aliphatic hydroxyl groups excluding tert-OH is 1. The van der Waals surface area contributed by atoms with E-state index >= 15 is 0 Å². The van der Waals surface area contributed by atoms with E-state index in [0.29, 0.717) is 13.0 Å². The Morgan fingerprint density at radius 1 is 1.47 bits per heavy atom. The van der Waals surface area contributed by atoms with Crippen LogP contribution in [0.2, 0.25) is 0 Å². The third kappa shape index (κ3) is 3.68. The summed E-state index contributed by atoms with van der Waals surface area (Å²) in [6, 6.07) is 0.217. The van der Waals surface area contributed by atoms with E-state index in [-0.39, 0.29) is 30.4 Å². The molecule has 3 N–H and O–H groups in total. The molecule has 17 heavy (non-hydrogen) atoms. The Balaban J connectivity index is 2.69. The molecule has 1 aliphatic rings. The van der Waals surface area contributed by atoms with Crippen LogP contribution in [0, 0.1) is 11.8 Å². The van der Waals surface area contributed by atoms with Gasteiger partial charge in [-0.3, -0.25) is 4.79 Å². The average molecular weight is 242 g/mol. The van der Waals surface area contributed by atoms with Crippen molar-refractivity contribution in [3.05, 3.63) is 0 Å². The first-order valence-corrected chi connectivity index (χ1v) is 6.73. The molecule has 1 saturated heterocycles. The van der Waals surface area contributed by atoms with E-state index in [1.54, 1.807) is 0 Å². The molecule has 0 radical (unpaired) electrons. The van der Waals surface area contributed by atoms with Crippen molar-refractivity contribution >= 4 is 5.91 Å². The summed E-state index contributed by atoms with van der Waals surface area (Å²) in [5.74, 6) is 0.388. The highest BCUT2D eigenvalue weighted by Crippen LogP contribution is 2.23. The van der Waals surface area contributed by atoms with Crippen molar-refractivity contribution in [2.24, 2.45) is 17.6 Å². The lowest BCUT2D eigenvalue weighted by molar-refractivity contribution is -0.140. The van der Waals surface area contributed by atoms with E-state index in [9.17, 15) is 4.79 Å². The number of nitrogens with two attached hydrogens (primary N) is 1. The van der Waals surface area contributed by atoms with Gasteiger partial charge in [-0.05, 0) is 31.6 Å². The molecule has 0 saturated carbocycles. The lowest BCUT2D eigenvalue weighted by Gasteiger charge is -2.38. The molecule has 0 aromatic carbocycles. The molecule has 2 atom stereocenters. The summed E-state index contributed by atoms with van der Waals surface area (Å²) in [6.07, 6.45) is 3.94. The van der Waals surface area contributed by atoms with Crippen LogP contribution in [0.1, 0.15) is 39.5 Å². The van der Waals surface area contributed by atoms with E-state index in [2.05, 4.69) is 0 Å². The second-order valence-corrected chi connectivity index (χ2v) is 5.28. The Bertz CT molecular complexity index is 242. The first-order chi connectivity index (χ1) is 8.11. The Labute approximate surface area is 104 Å². The van der Waals surface area contributed by atoms with Crippen LogP contribution < -0.4 is 5.73 Å². The minimum Gasteiger partial charge on any atom is -0.396 e. The molecule has 0 aromatic heterocycles. The second-order valence-electron chi connectivity index (χ2n) is 5.28. The molecule has 100 valence electrons. The van der Waals surface area contributed by atoms with Crippen molar-refractivity contribution in [1.29, 1.82) is 0 Å². The van der Waals surface area contributed by atoms with Crippen LogP contribution in [0.5, 0.6) is 0 Å². The van der Waals surface area contributed by atoms with Crippen molar-refractivity contribution in [3.8, 4) is 0 Å². The predicted octanol–water partition coefficient (Wildman–Crippen LogP) is 0.981. The van der Waals surface area contributed by atoms with Gasteiger partial charge in [0.05, 0.1) is 5.92 Å². The van der Waals surface area contributed by atoms with Gasteiger partial charge in [-0.15, -0.1) is 0 Å². The quantitative estimate of drug-likeness (QED) is 0.755. The molecular formula is C13H26N2O2. The van der Waals surface area contributed by atoms with Crippen molar-refractivity contribution < 1.29 is 9.90 Å². The molecule has 0 aromatic rings. The first-order valence-electron chi connectivity index (χ1n) is 6.73. The van der Waals surface area contributed by atoms with Gasteiger partial charge in [-0.25, -0.2) is 0 Å². The van der Waals surface area contributed by atoms with E-state index in [4.69, 9.17) is 10.8 Å². The maximum absolute atomic E-state index is 12.4. The largest absolute Gasteiger partial charge is 0.396 e. The molecule has 1 rings (SSSR count). The number of rotatable bonds is 5. The van der Waals surface area contributed by atoms with Crippen LogP contribution in [0.15, 0.2) is 0 Å². The van der Waals surface area contributed by atoms with Gasteiger partial charge >= 0.3 is 0 Å². The van der Waals surface area contributed by atoms with Gasteiger partial charge in [-0.2, -0.15) is 0 Å². The van der Waals surface area contributed by atoms with Crippen LogP contribution >= 0.6 is 0 Å². The van der Waals surface area contributed by atoms with Crippen LogP contribution in [0.3, 0.4) is 0 Å². The number of carbonyl (C=O) groups is 1. The normalized spacial score (nSPS) is 22.9. The maximum Gasteiger partial charge on any atom is 0.227 e. The van der Waals surface area contributed by atoms with Gasteiger partial charge in [-0.1, -0.05) is 13.8 Å². The molecule has 1 fully saturated rings. The van der Waals surface area contributed by atoms with Crippen LogP contribution in [-0.2, 0) is 4.79 Å². The summed E-state index contributed by atoms with van der Waals surface area (Å²) in [4.78, 5) is 14.4. The van der Waals surface area contributed by atoms with Gasteiger partial charge in [0.2, 0.25) is 5.91 Å². The number of carbonyl (C=O) groups excluding carboxylic acids is 1. The van der Waals surface area contributed by atoms with Crippen molar-refractivity contribution in [2.75, 3.05) is 19.7 Å². The zero-order chi connectivity index (χ0) is 12.8. The number of piperidine rings is 1. The summed E-state index contributed by atoms with van der Waals surface area (Å²) < 4.78 is 0. The molecule has 0 spiro atoms. The topological polar surface area (TPSA) is 66.6 Å². The molecule has 0 aliphatic carbocycles. The van der Waals surface area contributed by atoms with E-state index in [1.807, 2.05) is 18.7 Å². The number of nitrogens with zero attached hydrogens (tertiary/aromatic N) is 1. The SMILES string of the molecule is CC(C)C(CN)C(=O)N1CCCCC1CCO. The minimum absolute atomic E-state index is 0.0747. The van der Waals surface area contributed by atoms with Gasteiger partial charge in [0, 0.05) is 25.7 Å². The van der Waals surface area contributed by atoms with Crippen molar-refractivity contribution in [1.82, 2.24) is 4.90 Å². The summed E-state index contributed by atoms with van der Waals surface area (Å²) in [5, 5.41) is 9.06. The highest BCUT2D eigenvalue weighted by Gasteiger charge is 2.31. The number of amides is 1. The Morgan fingerprint density at radius 2 is 2.18 bits per heavy atom. The van der Waals surface area contributed by atoms with Crippen LogP contribution in [-0.4, -0.2) is 41.7 Å². The Kier molecular flexibility index (Phi) is 5.92. The fourth-order valence-electron chi connectivity index (χ4n) is 2.61. The summed E-state index contributed by atoms with van der Waals surface area (Å²) >= 11 is 0. The second kappa shape index (κ2) is 6.97. The average Bonchev–Trinajstić information content (AvgIpc) is 2.30. The lowest BCUT2D eigenvalue weighted by atomic mass is 9.91.